The van der Waals surface area contributed by atoms with Crippen LogP contribution in [0.25, 0.3) is 0 Å². The summed E-state index contributed by atoms with van der Waals surface area (Å²) in [7, 11) is 0. The zero-order valence-electron chi connectivity index (χ0n) is 12.1. The molecule has 21 heavy (non-hydrogen) atoms. The van der Waals surface area contributed by atoms with E-state index in [2.05, 4.69) is 9.97 Å². The second kappa shape index (κ2) is 5.81. The fraction of sp³-hybridized carbons (Fsp3) is 0.400. The quantitative estimate of drug-likeness (QED) is 0.874. The summed E-state index contributed by atoms with van der Waals surface area (Å²) in [6, 6.07) is 3.84. The normalized spacial score (nSPS) is 18.0. The lowest BCUT2D eigenvalue weighted by molar-refractivity contribution is 0.0775. The van der Waals surface area contributed by atoms with Crippen molar-refractivity contribution in [2.45, 2.75) is 26.4 Å². The van der Waals surface area contributed by atoms with Crippen molar-refractivity contribution in [3.05, 3.63) is 40.0 Å². The van der Waals surface area contributed by atoms with Crippen LogP contribution in [0.3, 0.4) is 0 Å². The van der Waals surface area contributed by atoms with Gasteiger partial charge in [-0.1, -0.05) is 6.07 Å². The number of rotatable bonds is 3. The molecule has 0 saturated carbocycles. The minimum Gasteiger partial charge on any atom is -0.472 e. The highest BCUT2D eigenvalue weighted by molar-refractivity contribution is 7.11. The summed E-state index contributed by atoms with van der Waals surface area (Å²) < 4.78 is 5.84. The van der Waals surface area contributed by atoms with Crippen molar-refractivity contribution in [1.29, 1.82) is 0 Å². The number of ether oxygens (including phenoxy) is 1. The Balaban J connectivity index is 1.62. The number of aryl methyl sites for hydroxylation is 2. The average molecular weight is 303 g/mol. The Hall–Kier alpha value is -1.95. The molecule has 0 radical (unpaired) electrons. The first kappa shape index (κ1) is 14.0. The largest absolute Gasteiger partial charge is 0.472 e. The smallest absolute Gasteiger partial charge is 0.265 e. The maximum absolute atomic E-state index is 12.4. The Kier molecular flexibility index (Phi) is 3.88. The third kappa shape index (κ3) is 3.05. The van der Waals surface area contributed by atoms with Gasteiger partial charge in [0.2, 0.25) is 5.88 Å². The number of likely N-dealkylation sites (tertiary alicyclic amines) is 1. The number of hydrogen-bond donors (Lipinski definition) is 0. The Bertz CT molecular complexity index is 639. The average Bonchev–Trinajstić information content (AvgIpc) is 3.10. The van der Waals surface area contributed by atoms with Gasteiger partial charge in [-0.05, 0) is 19.4 Å². The van der Waals surface area contributed by atoms with E-state index in [-0.39, 0.29) is 12.0 Å². The molecule has 0 aliphatic carbocycles. The number of nitrogens with zero attached hydrogens (tertiary/aromatic N) is 3. The molecule has 1 atom stereocenters. The van der Waals surface area contributed by atoms with E-state index < -0.39 is 0 Å². The molecule has 0 spiro atoms. The van der Waals surface area contributed by atoms with Gasteiger partial charge in [0.25, 0.3) is 5.91 Å². The van der Waals surface area contributed by atoms with Crippen molar-refractivity contribution in [2.24, 2.45) is 0 Å². The van der Waals surface area contributed by atoms with Crippen molar-refractivity contribution in [2.75, 3.05) is 13.1 Å². The molecule has 1 amide bonds. The van der Waals surface area contributed by atoms with Gasteiger partial charge >= 0.3 is 0 Å². The van der Waals surface area contributed by atoms with Crippen LogP contribution >= 0.6 is 11.3 Å². The molecule has 0 aromatic carbocycles. The van der Waals surface area contributed by atoms with Crippen LogP contribution in [0.4, 0.5) is 0 Å². The Morgan fingerprint density at radius 1 is 1.38 bits per heavy atom. The SMILES string of the molecule is Cc1ccc(OC2CCN(C(=O)c3scnc3C)C2)nc1. The fourth-order valence-corrected chi connectivity index (χ4v) is 3.12. The van der Waals surface area contributed by atoms with E-state index in [4.69, 9.17) is 4.74 Å². The number of amides is 1. The molecule has 1 fully saturated rings. The number of thiazole rings is 1. The Morgan fingerprint density at radius 2 is 2.24 bits per heavy atom. The van der Waals surface area contributed by atoms with Crippen LogP contribution in [0.1, 0.15) is 27.3 Å². The summed E-state index contributed by atoms with van der Waals surface area (Å²) in [5, 5.41) is 0. The summed E-state index contributed by atoms with van der Waals surface area (Å²) in [5.74, 6) is 0.673. The van der Waals surface area contributed by atoms with Crippen LogP contribution in [0.15, 0.2) is 23.8 Å². The van der Waals surface area contributed by atoms with Crippen molar-refractivity contribution >= 4 is 17.2 Å². The standard InChI is InChI=1S/C15H17N3O2S/c1-10-3-4-13(16-7-10)20-12-5-6-18(8-12)15(19)14-11(2)17-9-21-14/h3-4,7,9,12H,5-6,8H2,1-2H3. The number of pyridine rings is 1. The lowest BCUT2D eigenvalue weighted by Gasteiger charge is -2.16. The molecule has 0 bridgehead atoms. The van der Waals surface area contributed by atoms with Crippen molar-refractivity contribution in [3.63, 3.8) is 0 Å². The summed E-state index contributed by atoms with van der Waals surface area (Å²) in [4.78, 5) is 23.3. The zero-order valence-corrected chi connectivity index (χ0v) is 12.9. The molecule has 5 nitrogen and oxygen atoms in total. The third-order valence-corrected chi connectivity index (χ3v) is 4.46. The minimum absolute atomic E-state index is 0.0115. The first-order valence-corrected chi connectivity index (χ1v) is 7.80. The monoisotopic (exact) mass is 303 g/mol. The lowest BCUT2D eigenvalue weighted by Crippen LogP contribution is -2.30. The third-order valence-electron chi connectivity index (χ3n) is 3.54. The number of carbonyl (C=O) groups excluding carboxylic acids is 1. The molecule has 1 aliphatic heterocycles. The summed E-state index contributed by atoms with van der Waals surface area (Å²) in [5.41, 5.74) is 3.61. The van der Waals surface area contributed by atoms with Gasteiger partial charge in [-0.25, -0.2) is 9.97 Å². The van der Waals surface area contributed by atoms with Gasteiger partial charge < -0.3 is 9.64 Å². The molecule has 1 aliphatic rings. The summed E-state index contributed by atoms with van der Waals surface area (Å²) in [6.07, 6.45) is 2.63. The predicted molar refractivity (Wildman–Crippen MR) is 80.8 cm³/mol. The van der Waals surface area contributed by atoms with E-state index >= 15 is 0 Å². The zero-order chi connectivity index (χ0) is 14.8. The first-order chi connectivity index (χ1) is 10.1. The van der Waals surface area contributed by atoms with Gasteiger partial charge in [-0.3, -0.25) is 4.79 Å². The van der Waals surface area contributed by atoms with Gasteiger partial charge in [0.05, 0.1) is 17.7 Å². The second-order valence-electron chi connectivity index (χ2n) is 5.22. The minimum atomic E-state index is 0.0115. The predicted octanol–water partition coefficient (Wildman–Crippen LogP) is 2.45. The van der Waals surface area contributed by atoms with E-state index in [1.165, 1.54) is 11.3 Å². The maximum Gasteiger partial charge on any atom is 0.265 e. The highest BCUT2D eigenvalue weighted by atomic mass is 32.1. The molecule has 6 heteroatoms. The highest BCUT2D eigenvalue weighted by Crippen LogP contribution is 2.21. The lowest BCUT2D eigenvalue weighted by atomic mass is 10.3. The molecular formula is C15H17N3O2S. The summed E-state index contributed by atoms with van der Waals surface area (Å²) >= 11 is 1.40. The van der Waals surface area contributed by atoms with E-state index in [9.17, 15) is 4.79 Å². The van der Waals surface area contributed by atoms with Crippen molar-refractivity contribution < 1.29 is 9.53 Å². The molecule has 1 unspecified atom stereocenters. The van der Waals surface area contributed by atoms with Crippen LogP contribution in [0, 0.1) is 13.8 Å². The van der Waals surface area contributed by atoms with Gasteiger partial charge in [0.1, 0.15) is 11.0 Å². The van der Waals surface area contributed by atoms with Gasteiger partial charge in [0, 0.05) is 25.2 Å². The topological polar surface area (TPSA) is 55.3 Å². The van der Waals surface area contributed by atoms with Crippen LogP contribution in [-0.2, 0) is 0 Å². The first-order valence-electron chi connectivity index (χ1n) is 6.92. The van der Waals surface area contributed by atoms with Gasteiger partial charge in [-0.2, -0.15) is 0 Å². The number of hydrogen-bond acceptors (Lipinski definition) is 5. The fourth-order valence-electron chi connectivity index (χ4n) is 2.35. The van der Waals surface area contributed by atoms with Crippen LogP contribution in [0.5, 0.6) is 5.88 Å². The Morgan fingerprint density at radius 3 is 2.90 bits per heavy atom. The van der Waals surface area contributed by atoms with Gasteiger partial charge in [0.15, 0.2) is 0 Å². The van der Waals surface area contributed by atoms with E-state index in [0.717, 1.165) is 22.6 Å². The molecular weight excluding hydrogens is 286 g/mol. The molecule has 0 N–H and O–H groups in total. The molecule has 1 saturated heterocycles. The molecule has 3 heterocycles. The van der Waals surface area contributed by atoms with Crippen LogP contribution in [0.2, 0.25) is 0 Å². The number of aromatic nitrogens is 2. The van der Waals surface area contributed by atoms with Crippen molar-refractivity contribution in [3.8, 4) is 5.88 Å². The van der Waals surface area contributed by atoms with Crippen LogP contribution in [-0.4, -0.2) is 40.0 Å². The summed E-state index contributed by atoms with van der Waals surface area (Å²) in [6.45, 7) is 5.17. The van der Waals surface area contributed by atoms with Crippen molar-refractivity contribution in [1.82, 2.24) is 14.9 Å². The molecule has 3 rings (SSSR count). The van der Waals surface area contributed by atoms with E-state index in [1.807, 2.05) is 30.9 Å². The second-order valence-corrected chi connectivity index (χ2v) is 6.08. The number of carbonyl (C=O) groups is 1. The highest BCUT2D eigenvalue weighted by Gasteiger charge is 2.29. The molecule has 110 valence electrons. The Labute approximate surface area is 127 Å². The molecule has 2 aromatic rings. The maximum atomic E-state index is 12.4. The van der Waals surface area contributed by atoms with Gasteiger partial charge in [-0.15, -0.1) is 11.3 Å². The van der Waals surface area contributed by atoms with E-state index in [0.29, 0.717) is 19.0 Å². The van der Waals surface area contributed by atoms with Crippen LogP contribution < -0.4 is 4.74 Å². The van der Waals surface area contributed by atoms with E-state index in [1.54, 1.807) is 11.7 Å². The molecule has 2 aromatic heterocycles.